The van der Waals surface area contributed by atoms with Gasteiger partial charge in [-0.25, -0.2) is 9.59 Å². The van der Waals surface area contributed by atoms with Gasteiger partial charge < -0.3 is 55.2 Å². The number of carboxylic acids is 1. The summed E-state index contributed by atoms with van der Waals surface area (Å²) in [6.07, 6.45) is 2.46. The quantitative estimate of drug-likeness (QED) is 0.139. The number of carboxylic acid groups (broad SMARTS) is 1. The second-order valence-corrected chi connectivity index (χ2v) is 10.4. The zero-order chi connectivity index (χ0) is 31.0. The Bertz CT molecular complexity index is 1310. The van der Waals surface area contributed by atoms with Crippen molar-refractivity contribution in [3.8, 4) is 34.5 Å². The molecule has 0 spiro atoms. The molecule has 13 heteroatoms. The molecule has 0 saturated carbocycles. The molecule has 2 aromatic rings. The molecule has 0 aromatic heterocycles. The van der Waals surface area contributed by atoms with Gasteiger partial charge >= 0.3 is 11.9 Å². The molecule has 0 bridgehead atoms. The highest BCUT2D eigenvalue weighted by Gasteiger charge is 2.43. The van der Waals surface area contributed by atoms with E-state index < -0.39 is 17.0 Å². The smallest absolute Gasteiger partial charge is 0.350 e. The van der Waals surface area contributed by atoms with E-state index in [2.05, 4.69) is 7.05 Å². The van der Waals surface area contributed by atoms with Gasteiger partial charge in [0.2, 0.25) is 11.5 Å². The number of carbonyl (C=O) groups is 2. The molecule has 2 aromatic carbocycles. The number of likely N-dealkylation sites (N-methyl/N-ethyl adjacent to an activating group) is 1. The number of esters is 1. The van der Waals surface area contributed by atoms with Gasteiger partial charge in [0.25, 0.3) is 0 Å². The van der Waals surface area contributed by atoms with Gasteiger partial charge in [-0.1, -0.05) is 11.6 Å². The number of carbonyl (C=O) groups excluding carboxylic acids is 1. The molecular formula is C30H39Cl2NO10. The van der Waals surface area contributed by atoms with E-state index in [9.17, 15) is 9.59 Å². The van der Waals surface area contributed by atoms with Crippen molar-refractivity contribution in [2.24, 2.45) is 0 Å². The lowest BCUT2D eigenvalue weighted by atomic mass is 9.85. The first-order valence-electron chi connectivity index (χ1n) is 13.3. The van der Waals surface area contributed by atoms with E-state index in [4.69, 9.17) is 49.9 Å². The van der Waals surface area contributed by atoms with Crippen molar-refractivity contribution in [3.63, 3.8) is 0 Å². The Balaban J connectivity index is 0.00000645. The maximum absolute atomic E-state index is 12.1. The number of hydrogen-bond donors (Lipinski definition) is 1. The largest absolute Gasteiger partial charge is 1.00 e. The number of halogens is 2. The number of quaternary nitrogens is 1. The Morgan fingerprint density at radius 1 is 0.907 bits per heavy atom. The van der Waals surface area contributed by atoms with Crippen molar-refractivity contribution >= 4 is 23.5 Å². The minimum Gasteiger partial charge on any atom is -1.00 e. The minimum atomic E-state index is -1.32. The third-order valence-corrected chi connectivity index (χ3v) is 7.84. The molecular weight excluding hydrogens is 605 g/mol. The van der Waals surface area contributed by atoms with Crippen LogP contribution in [0.15, 0.2) is 29.3 Å². The second kappa shape index (κ2) is 15.8. The lowest BCUT2D eigenvalue weighted by Crippen LogP contribution is -3.00. The number of methoxy groups -OCH3 is 6. The van der Waals surface area contributed by atoms with E-state index in [0.717, 1.165) is 29.7 Å². The van der Waals surface area contributed by atoms with Crippen LogP contribution in [0.2, 0.25) is 0 Å². The van der Waals surface area contributed by atoms with Gasteiger partial charge in [0.15, 0.2) is 23.0 Å². The molecule has 11 nitrogen and oxygen atoms in total. The first-order valence-corrected chi connectivity index (χ1v) is 13.7. The van der Waals surface area contributed by atoms with Crippen LogP contribution in [0.5, 0.6) is 34.5 Å². The van der Waals surface area contributed by atoms with Crippen molar-refractivity contribution in [2.45, 2.75) is 25.3 Å². The van der Waals surface area contributed by atoms with E-state index >= 15 is 0 Å². The maximum atomic E-state index is 12.1. The monoisotopic (exact) mass is 643 g/mol. The third-order valence-electron chi connectivity index (χ3n) is 7.58. The molecule has 1 heterocycles. The summed E-state index contributed by atoms with van der Waals surface area (Å²) in [5, 5.41) is 8.34. The highest BCUT2D eigenvalue weighted by atomic mass is 35.5. The Kier molecular flexibility index (Phi) is 13.1. The molecule has 0 aliphatic carbocycles. The van der Waals surface area contributed by atoms with Crippen LogP contribution in [-0.4, -0.2) is 90.9 Å². The average molecular weight is 645 g/mol. The molecule has 1 aliphatic rings. The number of rotatable bonds is 14. The summed E-state index contributed by atoms with van der Waals surface area (Å²) in [5.41, 5.74) is 3.05. The lowest BCUT2D eigenvalue weighted by Gasteiger charge is -2.46. The molecule has 1 aliphatic heterocycles. The molecule has 0 saturated heterocycles. The van der Waals surface area contributed by atoms with Crippen molar-refractivity contribution in [1.82, 2.24) is 0 Å². The van der Waals surface area contributed by atoms with Crippen LogP contribution in [0, 0.1) is 0 Å². The van der Waals surface area contributed by atoms with Gasteiger partial charge in [-0.3, -0.25) is 0 Å². The third kappa shape index (κ3) is 7.90. The number of nitrogens with zero attached hydrogens (tertiary/aromatic N) is 1. The summed E-state index contributed by atoms with van der Waals surface area (Å²) < 4.78 is 39.9. The van der Waals surface area contributed by atoms with Crippen LogP contribution in [0.1, 0.15) is 29.2 Å². The van der Waals surface area contributed by atoms with Crippen molar-refractivity contribution in [3.05, 3.63) is 46.0 Å². The molecule has 0 unspecified atom stereocenters. The van der Waals surface area contributed by atoms with Gasteiger partial charge in [-0.2, -0.15) is 0 Å². The van der Waals surface area contributed by atoms with Crippen LogP contribution < -0.4 is 40.8 Å². The zero-order valence-corrected chi connectivity index (χ0v) is 27.0. The van der Waals surface area contributed by atoms with Crippen LogP contribution >= 0.6 is 11.6 Å². The van der Waals surface area contributed by atoms with Gasteiger partial charge in [-0.15, -0.1) is 0 Å². The standard InChI is InChI=1S/C30H38ClNO10.ClH/c1-32(10-8-12-42-30(35)20(31)17-25(33)34)11-9-19-16-24(38-4)28(40-6)29(41-7)26(19)21(32)13-18-14-22(36-2)27(39-5)23(15-18)37-3;/h14-17,21H,8-13H2,1-7H3;1H/b20-17-;/t21-,32-;/m1./s1. The normalized spacial score (nSPS) is 17.6. The van der Waals surface area contributed by atoms with Crippen molar-refractivity contribution < 1.29 is 64.7 Å². The fourth-order valence-corrected chi connectivity index (χ4v) is 5.69. The van der Waals surface area contributed by atoms with E-state index in [1.165, 1.54) is 0 Å². The second-order valence-electron chi connectivity index (χ2n) is 9.97. The Hall–Kier alpha value is -3.54. The number of ether oxygens (including phenoxy) is 7. The van der Waals surface area contributed by atoms with Crippen LogP contribution in [0.3, 0.4) is 0 Å². The van der Waals surface area contributed by atoms with E-state index in [-0.39, 0.29) is 25.1 Å². The van der Waals surface area contributed by atoms with Gasteiger partial charge in [0.05, 0.1) is 75.0 Å². The summed E-state index contributed by atoms with van der Waals surface area (Å²) >= 11 is 5.75. The summed E-state index contributed by atoms with van der Waals surface area (Å²) in [5.74, 6) is 1.11. The molecule has 0 fully saturated rings. The maximum Gasteiger partial charge on any atom is 0.350 e. The molecule has 0 radical (unpaired) electrons. The highest BCUT2D eigenvalue weighted by molar-refractivity contribution is 6.42. The molecule has 3 rings (SSSR count). The molecule has 1 N–H and O–H groups in total. The first kappa shape index (κ1) is 35.7. The lowest BCUT2D eigenvalue weighted by molar-refractivity contribution is -0.941. The predicted molar refractivity (Wildman–Crippen MR) is 155 cm³/mol. The molecule has 238 valence electrons. The Labute approximate surface area is 263 Å². The topological polar surface area (TPSA) is 119 Å². The van der Waals surface area contributed by atoms with Crippen molar-refractivity contribution in [2.75, 3.05) is 69.4 Å². The number of hydrogen-bond acceptors (Lipinski definition) is 9. The Morgan fingerprint density at radius 3 is 1.98 bits per heavy atom. The minimum absolute atomic E-state index is 0. The molecule has 43 heavy (non-hydrogen) atoms. The summed E-state index contributed by atoms with van der Waals surface area (Å²) in [7, 11) is 11.7. The zero-order valence-electron chi connectivity index (χ0n) is 25.5. The average Bonchev–Trinajstić information content (AvgIpc) is 2.98. The van der Waals surface area contributed by atoms with Crippen LogP contribution in [0.25, 0.3) is 0 Å². The van der Waals surface area contributed by atoms with E-state index in [1.807, 2.05) is 18.2 Å². The summed E-state index contributed by atoms with van der Waals surface area (Å²) in [4.78, 5) is 22.9. The first-order chi connectivity index (χ1) is 20.1. The highest BCUT2D eigenvalue weighted by Crippen LogP contribution is 2.51. The SMILES string of the molecule is COc1cc(C[C@@H]2c3c(cc(OC)c(OC)c3OC)CC[N@@+]2(C)CCCOC(=O)/C(Cl)=C/C(=O)O)cc(OC)c1OC.[Cl-]. The fraction of sp³-hybridized carbons (Fsp3) is 0.467. The molecule has 2 atom stereocenters. The van der Waals surface area contributed by atoms with Crippen molar-refractivity contribution in [1.29, 1.82) is 0 Å². The van der Waals surface area contributed by atoms with Crippen LogP contribution in [-0.2, 0) is 27.2 Å². The fourth-order valence-electron chi connectivity index (χ4n) is 5.54. The number of benzene rings is 2. The Morgan fingerprint density at radius 2 is 1.47 bits per heavy atom. The molecule has 0 amide bonds. The van der Waals surface area contributed by atoms with Gasteiger partial charge in [0, 0.05) is 25.3 Å². The van der Waals surface area contributed by atoms with E-state index in [1.54, 1.807) is 42.7 Å². The number of fused-ring (bicyclic) bond motifs is 1. The summed E-state index contributed by atoms with van der Waals surface area (Å²) in [6, 6.07) is 5.76. The number of aliphatic carboxylic acids is 1. The van der Waals surface area contributed by atoms with Crippen LogP contribution in [0.4, 0.5) is 0 Å². The predicted octanol–water partition coefficient (Wildman–Crippen LogP) is 1.17. The van der Waals surface area contributed by atoms with Gasteiger partial charge in [0.1, 0.15) is 11.1 Å². The summed E-state index contributed by atoms with van der Waals surface area (Å²) in [6.45, 7) is 1.50. The van der Waals surface area contributed by atoms with E-state index in [0.29, 0.717) is 64.4 Å². The van der Waals surface area contributed by atoms with Gasteiger partial charge in [-0.05, 0) is 29.3 Å².